The molecule has 3 rings (SSSR count). The van der Waals surface area contributed by atoms with Gasteiger partial charge in [0, 0.05) is 18.1 Å². The van der Waals surface area contributed by atoms with Crippen LogP contribution in [0.4, 0.5) is 5.69 Å². The number of hydrazone groups is 1. The number of nitrogens with one attached hydrogen (secondary N) is 2. The van der Waals surface area contributed by atoms with Crippen LogP contribution in [-0.4, -0.2) is 23.0 Å². The Morgan fingerprint density at radius 2 is 1.85 bits per heavy atom. The number of aromatic nitrogens is 1. The van der Waals surface area contributed by atoms with Gasteiger partial charge in [0.1, 0.15) is 0 Å². The Balaban J connectivity index is 1.64. The van der Waals surface area contributed by atoms with Gasteiger partial charge in [-0.05, 0) is 42.0 Å². The lowest BCUT2D eigenvalue weighted by Gasteiger charge is -2.07. The molecule has 0 spiro atoms. The summed E-state index contributed by atoms with van der Waals surface area (Å²) in [4.78, 5) is 28.1. The van der Waals surface area contributed by atoms with Crippen LogP contribution in [0, 0.1) is 0 Å². The van der Waals surface area contributed by atoms with E-state index < -0.39 is 0 Å². The highest BCUT2D eigenvalue weighted by atomic mass is 35.5. The summed E-state index contributed by atoms with van der Waals surface area (Å²) in [6, 6.07) is 17.2. The first-order chi connectivity index (χ1) is 13.1. The van der Waals surface area contributed by atoms with Gasteiger partial charge in [0.15, 0.2) is 0 Å². The fraction of sp³-hybridized carbons (Fsp3) is 0. The molecule has 0 unspecified atom stereocenters. The van der Waals surface area contributed by atoms with Crippen LogP contribution in [-0.2, 0) is 0 Å². The molecule has 6 nitrogen and oxygen atoms in total. The molecule has 27 heavy (non-hydrogen) atoms. The minimum atomic E-state index is -0.359. The van der Waals surface area contributed by atoms with E-state index in [1.807, 2.05) is 0 Å². The second kappa shape index (κ2) is 8.73. The van der Waals surface area contributed by atoms with Crippen LogP contribution >= 0.6 is 11.6 Å². The number of halogens is 1. The van der Waals surface area contributed by atoms with Crippen LogP contribution in [0.2, 0.25) is 5.02 Å². The number of nitrogens with zero attached hydrogens (tertiary/aromatic N) is 2. The number of amides is 2. The zero-order valence-electron chi connectivity index (χ0n) is 14.1. The van der Waals surface area contributed by atoms with Crippen LogP contribution < -0.4 is 10.7 Å². The van der Waals surface area contributed by atoms with Crippen molar-refractivity contribution < 1.29 is 9.59 Å². The Hall–Kier alpha value is -3.51. The SMILES string of the molecule is O=C(N/N=C\c1cccc(NC(=O)c2ccccc2Cl)c1)c1cccnc1. The topological polar surface area (TPSA) is 83.5 Å². The summed E-state index contributed by atoms with van der Waals surface area (Å²) in [6.45, 7) is 0. The van der Waals surface area contributed by atoms with Gasteiger partial charge in [-0.2, -0.15) is 5.10 Å². The molecule has 134 valence electrons. The largest absolute Gasteiger partial charge is 0.322 e. The van der Waals surface area contributed by atoms with Crippen LogP contribution in [0.3, 0.4) is 0 Å². The van der Waals surface area contributed by atoms with Gasteiger partial charge in [0.05, 0.1) is 22.4 Å². The summed E-state index contributed by atoms with van der Waals surface area (Å²) in [5, 5.41) is 7.09. The minimum absolute atomic E-state index is 0.306. The van der Waals surface area contributed by atoms with Crippen LogP contribution in [0.25, 0.3) is 0 Å². The fourth-order valence-corrected chi connectivity index (χ4v) is 2.49. The maximum absolute atomic E-state index is 12.3. The summed E-state index contributed by atoms with van der Waals surface area (Å²) in [6.07, 6.45) is 4.53. The average Bonchev–Trinajstić information content (AvgIpc) is 2.69. The van der Waals surface area contributed by atoms with Crippen molar-refractivity contribution in [1.82, 2.24) is 10.4 Å². The Kier molecular flexibility index (Phi) is 5.91. The number of anilines is 1. The molecule has 0 aliphatic heterocycles. The van der Waals surface area contributed by atoms with E-state index in [0.29, 0.717) is 27.4 Å². The van der Waals surface area contributed by atoms with Gasteiger partial charge in [0.2, 0.25) is 0 Å². The Labute approximate surface area is 160 Å². The second-order valence-corrected chi connectivity index (χ2v) is 5.91. The molecule has 0 saturated carbocycles. The Bertz CT molecular complexity index is 990. The van der Waals surface area contributed by atoms with E-state index >= 15 is 0 Å². The number of hydrogen-bond acceptors (Lipinski definition) is 4. The third-order valence-electron chi connectivity index (χ3n) is 3.57. The molecule has 2 aromatic carbocycles. The normalized spacial score (nSPS) is 10.6. The standard InChI is InChI=1S/C20H15ClN4O2/c21-18-9-2-1-8-17(18)20(27)24-16-7-3-5-14(11-16)12-23-25-19(26)15-6-4-10-22-13-15/h1-13H,(H,24,27)(H,25,26)/b23-12-. The third kappa shape index (κ3) is 4.99. The predicted octanol–water partition coefficient (Wildman–Crippen LogP) is 3.75. The van der Waals surface area contributed by atoms with Crippen LogP contribution in [0.1, 0.15) is 26.3 Å². The highest BCUT2D eigenvalue weighted by molar-refractivity contribution is 6.34. The van der Waals surface area contributed by atoms with E-state index in [2.05, 4.69) is 20.8 Å². The van der Waals surface area contributed by atoms with Gasteiger partial charge in [-0.15, -0.1) is 0 Å². The van der Waals surface area contributed by atoms with Crippen LogP contribution in [0.5, 0.6) is 0 Å². The lowest BCUT2D eigenvalue weighted by molar-refractivity contribution is 0.0954. The summed E-state index contributed by atoms with van der Waals surface area (Å²) in [5.41, 5.74) is 4.52. The fourth-order valence-electron chi connectivity index (χ4n) is 2.27. The summed E-state index contributed by atoms with van der Waals surface area (Å²) in [5.74, 6) is -0.665. The molecule has 0 bridgehead atoms. The molecule has 0 fully saturated rings. The lowest BCUT2D eigenvalue weighted by Crippen LogP contribution is -2.17. The summed E-state index contributed by atoms with van der Waals surface area (Å²) >= 11 is 6.04. The molecule has 1 aromatic heterocycles. The van der Waals surface area contributed by atoms with E-state index in [1.165, 1.54) is 12.4 Å². The molecule has 7 heteroatoms. The van der Waals surface area contributed by atoms with E-state index in [-0.39, 0.29) is 11.8 Å². The number of carbonyl (C=O) groups excluding carboxylic acids is 2. The van der Waals surface area contributed by atoms with Crippen molar-refractivity contribution in [2.45, 2.75) is 0 Å². The van der Waals surface area contributed by atoms with Gasteiger partial charge >= 0.3 is 0 Å². The summed E-state index contributed by atoms with van der Waals surface area (Å²) in [7, 11) is 0. The van der Waals surface area contributed by atoms with Gasteiger partial charge < -0.3 is 5.32 Å². The van der Waals surface area contributed by atoms with E-state index in [9.17, 15) is 9.59 Å². The van der Waals surface area contributed by atoms with Gasteiger partial charge in [-0.3, -0.25) is 14.6 Å². The maximum atomic E-state index is 12.3. The zero-order valence-corrected chi connectivity index (χ0v) is 14.9. The molecule has 0 aliphatic rings. The van der Waals surface area contributed by atoms with E-state index in [0.717, 1.165) is 0 Å². The van der Waals surface area contributed by atoms with Crippen molar-refractivity contribution in [3.05, 3.63) is 94.8 Å². The Morgan fingerprint density at radius 3 is 2.63 bits per heavy atom. The van der Waals surface area contributed by atoms with Crippen molar-refractivity contribution in [3.63, 3.8) is 0 Å². The van der Waals surface area contributed by atoms with Gasteiger partial charge in [-0.1, -0.05) is 35.9 Å². The number of rotatable bonds is 5. The highest BCUT2D eigenvalue weighted by Gasteiger charge is 2.09. The van der Waals surface area contributed by atoms with Gasteiger partial charge in [0.25, 0.3) is 11.8 Å². The molecule has 0 radical (unpaired) electrons. The van der Waals surface area contributed by atoms with Crippen molar-refractivity contribution >= 4 is 35.3 Å². The molecular formula is C20H15ClN4O2. The predicted molar refractivity (Wildman–Crippen MR) is 105 cm³/mol. The highest BCUT2D eigenvalue weighted by Crippen LogP contribution is 2.17. The first-order valence-electron chi connectivity index (χ1n) is 8.03. The lowest BCUT2D eigenvalue weighted by atomic mass is 10.2. The molecule has 0 saturated heterocycles. The van der Waals surface area contributed by atoms with Crippen LogP contribution in [0.15, 0.2) is 78.2 Å². The monoisotopic (exact) mass is 378 g/mol. The third-order valence-corrected chi connectivity index (χ3v) is 3.90. The van der Waals surface area contributed by atoms with Crippen molar-refractivity contribution in [1.29, 1.82) is 0 Å². The van der Waals surface area contributed by atoms with E-state index in [4.69, 9.17) is 11.6 Å². The van der Waals surface area contributed by atoms with Crippen molar-refractivity contribution in [2.75, 3.05) is 5.32 Å². The first-order valence-corrected chi connectivity index (χ1v) is 8.40. The zero-order chi connectivity index (χ0) is 19.1. The first kappa shape index (κ1) is 18.3. The number of hydrogen-bond donors (Lipinski definition) is 2. The van der Waals surface area contributed by atoms with Crippen molar-refractivity contribution in [2.24, 2.45) is 5.10 Å². The second-order valence-electron chi connectivity index (χ2n) is 5.50. The molecule has 1 heterocycles. The average molecular weight is 379 g/mol. The number of benzene rings is 2. The van der Waals surface area contributed by atoms with Gasteiger partial charge in [-0.25, -0.2) is 5.43 Å². The summed E-state index contributed by atoms with van der Waals surface area (Å²) < 4.78 is 0. The van der Waals surface area contributed by atoms with E-state index in [1.54, 1.807) is 66.9 Å². The quantitative estimate of drug-likeness (QED) is 0.524. The molecular weight excluding hydrogens is 364 g/mol. The molecule has 0 atom stereocenters. The molecule has 3 aromatic rings. The number of carbonyl (C=O) groups is 2. The van der Waals surface area contributed by atoms with Crippen molar-refractivity contribution in [3.8, 4) is 0 Å². The molecule has 2 N–H and O–H groups in total. The minimum Gasteiger partial charge on any atom is -0.322 e. The smallest absolute Gasteiger partial charge is 0.272 e. The Morgan fingerprint density at radius 1 is 1.00 bits per heavy atom. The molecule has 0 aliphatic carbocycles. The molecule has 2 amide bonds. The maximum Gasteiger partial charge on any atom is 0.272 e. The number of pyridine rings is 1.